The number of carbonyl (C=O) groups excluding carboxylic acids is 1. The molecule has 1 aliphatic rings. The Kier molecular flexibility index (Phi) is 8.22. The number of nitrogens with zero attached hydrogens (tertiary/aromatic N) is 5. The van der Waals surface area contributed by atoms with Crippen LogP contribution in [0, 0.1) is 0 Å². The number of urea groups is 1. The zero-order chi connectivity index (χ0) is 28.1. The van der Waals surface area contributed by atoms with Crippen LogP contribution < -0.4 is 20.3 Å². The summed E-state index contributed by atoms with van der Waals surface area (Å²) in [5, 5.41) is 0.549. The lowest BCUT2D eigenvalue weighted by molar-refractivity contribution is 0.248. The summed E-state index contributed by atoms with van der Waals surface area (Å²) in [4.78, 5) is 23.2. The second-order valence-electron chi connectivity index (χ2n) is 9.70. The molecule has 0 bridgehead atoms. The minimum absolute atomic E-state index is 0.139. The van der Waals surface area contributed by atoms with Crippen molar-refractivity contribution in [2.45, 2.75) is 17.7 Å². The molecule has 0 spiro atoms. The molecule has 0 atom stereocenters. The number of rotatable bonds is 10. The maximum absolute atomic E-state index is 13.4. The third-order valence-corrected chi connectivity index (χ3v) is 8.94. The van der Waals surface area contributed by atoms with Crippen molar-refractivity contribution in [3.63, 3.8) is 0 Å². The molecule has 11 heteroatoms. The average Bonchev–Trinajstić information content (AvgIpc) is 3.38. The molecular formula is C29H34N6O4S. The molecule has 1 aliphatic heterocycles. The van der Waals surface area contributed by atoms with Crippen molar-refractivity contribution >= 4 is 38.5 Å². The van der Waals surface area contributed by atoms with Gasteiger partial charge in [0.25, 0.3) is 10.0 Å². The SMILES string of the molecule is COc1ccccc1N1CCN(CCCCN(C(N)=O)c2cn(S(=O)(=O)c3ccccc3)c3ncccc23)CC1. The number of nitrogens with two attached hydrogens (primary N) is 1. The number of pyridine rings is 1. The molecule has 0 radical (unpaired) electrons. The predicted octanol–water partition coefficient (Wildman–Crippen LogP) is 3.77. The highest BCUT2D eigenvalue weighted by molar-refractivity contribution is 7.90. The van der Waals surface area contributed by atoms with Crippen LogP contribution in [0.4, 0.5) is 16.2 Å². The molecule has 4 aromatic rings. The van der Waals surface area contributed by atoms with Gasteiger partial charge in [-0.15, -0.1) is 0 Å². The molecule has 2 amide bonds. The zero-order valence-corrected chi connectivity index (χ0v) is 23.3. The lowest BCUT2D eigenvalue weighted by Crippen LogP contribution is -2.46. The number of unbranched alkanes of at least 4 members (excludes halogenated alkanes) is 1. The van der Waals surface area contributed by atoms with Crippen LogP contribution >= 0.6 is 0 Å². The molecule has 0 aliphatic carbocycles. The monoisotopic (exact) mass is 562 g/mol. The minimum atomic E-state index is -3.92. The van der Waals surface area contributed by atoms with Gasteiger partial charge in [-0.2, -0.15) is 0 Å². The first-order valence-electron chi connectivity index (χ1n) is 13.3. The van der Waals surface area contributed by atoms with E-state index in [1.54, 1.807) is 37.4 Å². The van der Waals surface area contributed by atoms with Gasteiger partial charge < -0.3 is 15.4 Å². The second kappa shape index (κ2) is 12.0. The number of hydrogen-bond donors (Lipinski definition) is 1. The Hall–Kier alpha value is -4.09. The van der Waals surface area contributed by atoms with Crippen LogP contribution in [0.15, 0.2) is 84.0 Å². The Morgan fingerprint density at radius 1 is 0.975 bits per heavy atom. The van der Waals surface area contributed by atoms with Crippen LogP contribution in [-0.4, -0.2) is 74.7 Å². The zero-order valence-electron chi connectivity index (χ0n) is 22.5. The van der Waals surface area contributed by atoms with Gasteiger partial charge in [0.05, 0.1) is 23.4 Å². The molecule has 5 rings (SSSR count). The van der Waals surface area contributed by atoms with Crippen molar-refractivity contribution < 1.29 is 17.9 Å². The van der Waals surface area contributed by atoms with Crippen LogP contribution in [0.25, 0.3) is 11.0 Å². The first-order valence-corrected chi connectivity index (χ1v) is 14.8. The molecule has 2 N–H and O–H groups in total. The summed E-state index contributed by atoms with van der Waals surface area (Å²) in [6.45, 7) is 4.97. The van der Waals surface area contributed by atoms with Crippen LogP contribution in [0.1, 0.15) is 12.8 Å². The smallest absolute Gasteiger partial charge is 0.319 e. The number of para-hydroxylation sites is 2. The summed E-state index contributed by atoms with van der Waals surface area (Å²) in [5.74, 6) is 0.885. The van der Waals surface area contributed by atoms with Crippen molar-refractivity contribution in [2.24, 2.45) is 5.73 Å². The van der Waals surface area contributed by atoms with E-state index in [0.29, 0.717) is 24.0 Å². The van der Waals surface area contributed by atoms with E-state index in [4.69, 9.17) is 10.5 Å². The van der Waals surface area contributed by atoms with Gasteiger partial charge in [-0.1, -0.05) is 30.3 Å². The fraction of sp³-hybridized carbons (Fsp3) is 0.310. The van der Waals surface area contributed by atoms with Crippen LogP contribution in [0.3, 0.4) is 0 Å². The average molecular weight is 563 g/mol. The maximum atomic E-state index is 13.4. The molecule has 2 aromatic carbocycles. The lowest BCUT2D eigenvalue weighted by Gasteiger charge is -2.36. The number of piperazine rings is 1. The van der Waals surface area contributed by atoms with Gasteiger partial charge in [-0.25, -0.2) is 22.2 Å². The highest BCUT2D eigenvalue weighted by atomic mass is 32.2. The Labute approximate surface area is 234 Å². The van der Waals surface area contributed by atoms with Crippen LogP contribution in [-0.2, 0) is 10.0 Å². The summed E-state index contributed by atoms with van der Waals surface area (Å²) >= 11 is 0. The molecular weight excluding hydrogens is 528 g/mol. The van der Waals surface area contributed by atoms with Crippen molar-refractivity contribution in [1.82, 2.24) is 13.9 Å². The quantitative estimate of drug-likeness (QED) is 0.293. The third kappa shape index (κ3) is 5.61. The topological polar surface area (TPSA) is 114 Å². The van der Waals surface area contributed by atoms with Crippen molar-refractivity contribution in [3.8, 4) is 5.75 Å². The molecule has 1 fully saturated rings. The molecule has 0 saturated carbocycles. The second-order valence-corrected chi connectivity index (χ2v) is 11.5. The Morgan fingerprint density at radius 2 is 1.70 bits per heavy atom. The Morgan fingerprint density at radius 3 is 2.42 bits per heavy atom. The first kappa shape index (κ1) is 27.5. The molecule has 2 aromatic heterocycles. The number of fused-ring (bicyclic) bond motifs is 1. The molecule has 40 heavy (non-hydrogen) atoms. The van der Waals surface area contributed by atoms with E-state index in [1.807, 2.05) is 18.2 Å². The standard InChI is InChI=1S/C29H34N6O4S/c1-39-27-14-6-5-13-25(27)33-20-18-32(19-21-33)16-7-8-17-34(29(30)36)26-22-35(28-24(26)12-9-15-31-28)40(37,38)23-10-3-2-4-11-23/h2-6,9-15,22H,7-8,16-21H2,1H3,(H2,30,36). The fourth-order valence-corrected chi connectivity index (χ4v) is 6.52. The molecule has 10 nitrogen and oxygen atoms in total. The third-order valence-electron chi connectivity index (χ3n) is 7.27. The van der Waals surface area contributed by atoms with Gasteiger partial charge in [-0.3, -0.25) is 9.80 Å². The van der Waals surface area contributed by atoms with E-state index in [2.05, 4.69) is 20.9 Å². The predicted molar refractivity (Wildman–Crippen MR) is 157 cm³/mol. The highest BCUT2D eigenvalue weighted by Gasteiger charge is 2.26. The Bertz CT molecular complexity index is 1570. The fourth-order valence-electron chi connectivity index (χ4n) is 5.18. The van der Waals surface area contributed by atoms with E-state index in [-0.39, 0.29) is 10.5 Å². The molecule has 0 unspecified atom stereocenters. The molecule has 3 heterocycles. The maximum Gasteiger partial charge on any atom is 0.319 e. The van der Waals surface area contributed by atoms with E-state index in [1.165, 1.54) is 29.4 Å². The van der Waals surface area contributed by atoms with Crippen molar-refractivity contribution in [2.75, 3.05) is 56.2 Å². The molecule has 210 valence electrons. The van der Waals surface area contributed by atoms with Gasteiger partial charge in [0.15, 0.2) is 5.65 Å². The minimum Gasteiger partial charge on any atom is -0.495 e. The van der Waals surface area contributed by atoms with Crippen LogP contribution in [0.2, 0.25) is 0 Å². The van der Waals surface area contributed by atoms with E-state index in [0.717, 1.165) is 54.6 Å². The summed E-state index contributed by atoms with van der Waals surface area (Å²) in [6, 6.07) is 19.1. The number of primary amides is 1. The number of carbonyl (C=O) groups is 1. The number of anilines is 2. The highest BCUT2D eigenvalue weighted by Crippen LogP contribution is 2.31. The number of amides is 2. The van der Waals surface area contributed by atoms with Gasteiger partial charge in [0, 0.05) is 50.5 Å². The summed E-state index contributed by atoms with van der Waals surface area (Å²) in [7, 11) is -2.22. The van der Waals surface area contributed by atoms with E-state index >= 15 is 0 Å². The van der Waals surface area contributed by atoms with Crippen molar-refractivity contribution in [1.29, 1.82) is 0 Å². The van der Waals surface area contributed by atoms with E-state index in [9.17, 15) is 13.2 Å². The Balaban J connectivity index is 1.24. The normalized spacial score (nSPS) is 14.4. The summed E-state index contributed by atoms with van der Waals surface area (Å²) < 4.78 is 33.5. The summed E-state index contributed by atoms with van der Waals surface area (Å²) in [5.41, 5.74) is 7.59. The number of methoxy groups -OCH3 is 1. The lowest BCUT2D eigenvalue weighted by atomic mass is 10.2. The van der Waals surface area contributed by atoms with Crippen LogP contribution in [0.5, 0.6) is 5.75 Å². The van der Waals surface area contributed by atoms with Gasteiger partial charge in [0.2, 0.25) is 0 Å². The summed E-state index contributed by atoms with van der Waals surface area (Å²) in [6.07, 6.45) is 4.57. The first-order chi connectivity index (χ1) is 19.4. The largest absolute Gasteiger partial charge is 0.495 e. The van der Waals surface area contributed by atoms with Gasteiger partial charge in [-0.05, 0) is 55.8 Å². The molecule has 1 saturated heterocycles. The number of ether oxygens (including phenoxy) is 1. The number of aromatic nitrogens is 2. The van der Waals surface area contributed by atoms with Crippen molar-refractivity contribution in [3.05, 3.63) is 79.1 Å². The van der Waals surface area contributed by atoms with Gasteiger partial charge >= 0.3 is 6.03 Å². The van der Waals surface area contributed by atoms with Gasteiger partial charge in [0.1, 0.15) is 5.75 Å². The number of hydrogen-bond acceptors (Lipinski definition) is 7. The van der Waals surface area contributed by atoms with E-state index < -0.39 is 16.1 Å². The number of benzene rings is 2.